The normalized spacial score (nSPS) is 12.5. The molecule has 0 N–H and O–H groups in total. The molecular formula is C12H15ClO2. The molecule has 0 aliphatic heterocycles. The zero-order chi connectivity index (χ0) is 11.3. The number of hydrogen-bond donors (Lipinski definition) is 0. The molecule has 0 aromatic heterocycles. The van der Waals surface area contributed by atoms with Crippen LogP contribution in [0.25, 0.3) is 0 Å². The summed E-state index contributed by atoms with van der Waals surface area (Å²) in [7, 11) is 1.65. The van der Waals surface area contributed by atoms with Crippen LogP contribution in [0, 0.1) is 0 Å². The molecule has 3 heteroatoms. The Labute approximate surface area is 95.2 Å². The van der Waals surface area contributed by atoms with Gasteiger partial charge in [-0.25, -0.2) is 0 Å². The maximum atomic E-state index is 10.5. The van der Waals surface area contributed by atoms with Crippen LogP contribution in [0.2, 0.25) is 5.02 Å². The molecule has 0 spiro atoms. The average Bonchev–Trinajstić information content (AvgIpc) is 2.18. The third kappa shape index (κ3) is 3.05. The van der Waals surface area contributed by atoms with Crippen LogP contribution in [0.5, 0.6) is 0 Å². The van der Waals surface area contributed by atoms with Crippen LogP contribution in [-0.2, 0) is 16.1 Å². The number of benzene rings is 1. The van der Waals surface area contributed by atoms with Crippen molar-refractivity contribution in [2.45, 2.75) is 25.9 Å². The highest BCUT2D eigenvalue weighted by Crippen LogP contribution is 2.30. The molecule has 1 rings (SSSR count). The molecular weight excluding hydrogens is 212 g/mol. The molecule has 0 saturated heterocycles. The summed E-state index contributed by atoms with van der Waals surface area (Å²) < 4.78 is 5.10. The first-order chi connectivity index (χ1) is 7.20. The summed E-state index contributed by atoms with van der Waals surface area (Å²) in [6.45, 7) is 2.52. The molecule has 0 amide bonds. The van der Waals surface area contributed by atoms with E-state index in [1.807, 2.05) is 25.1 Å². The predicted octanol–water partition coefficient (Wildman–Crippen LogP) is 3.18. The fourth-order valence-electron chi connectivity index (χ4n) is 1.68. The van der Waals surface area contributed by atoms with E-state index in [1.165, 1.54) is 0 Å². The van der Waals surface area contributed by atoms with Crippen LogP contribution in [0.15, 0.2) is 18.2 Å². The molecule has 1 aromatic rings. The zero-order valence-electron chi connectivity index (χ0n) is 9.00. The Balaban J connectivity index is 3.05. The Morgan fingerprint density at radius 3 is 2.87 bits per heavy atom. The summed E-state index contributed by atoms with van der Waals surface area (Å²) in [5.74, 6) is 0.140. The molecule has 0 radical (unpaired) electrons. The lowest BCUT2D eigenvalue weighted by atomic mass is 9.94. The van der Waals surface area contributed by atoms with Crippen LogP contribution in [-0.4, -0.2) is 13.4 Å². The molecule has 82 valence electrons. The Hall–Kier alpha value is -0.860. The zero-order valence-corrected chi connectivity index (χ0v) is 9.75. The van der Waals surface area contributed by atoms with Gasteiger partial charge in [0, 0.05) is 18.6 Å². The second kappa shape index (κ2) is 5.89. The summed E-state index contributed by atoms with van der Waals surface area (Å²) in [5, 5.41) is 0.707. The van der Waals surface area contributed by atoms with Gasteiger partial charge in [0.15, 0.2) is 0 Å². The first kappa shape index (κ1) is 12.2. The highest BCUT2D eigenvalue weighted by Gasteiger charge is 2.13. The van der Waals surface area contributed by atoms with E-state index in [1.54, 1.807) is 7.11 Å². The standard InChI is InChI=1S/C12H15ClO2/c1-9(6-7-14)12-10(8-15-2)4-3-5-11(12)13/h3-5,7,9H,6,8H2,1-2H3. The van der Waals surface area contributed by atoms with Crippen molar-refractivity contribution in [1.29, 1.82) is 0 Å². The van der Waals surface area contributed by atoms with Gasteiger partial charge in [0.1, 0.15) is 6.29 Å². The van der Waals surface area contributed by atoms with Gasteiger partial charge in [0.05, 0.1) is 6.61 Å². The van der Waals surface area contributed by atoms with E-state index >= 15 is 0 Å². The minimum Gasteiger partial charge on any atom is -0.380 e. The Kier molecular flexibility index (Phi) is 4.79. The molecule has 1 aromatic carbocycles. The number of hydrogen-bond acceptors (Lipinski definition) is 2. The lowest BCUT2D eigenvalue weighted by Crippen LogP contribution is -2.02. The number of rotatable bonds is 5. The molecule has 1 unspecified atom stereocenters. The van der Waals surface area contributed by atoms with Gasteiger partial charge in [0.2, 0.25) is 0 Å². The molecule has 2 nitrogen and oxygen atoms in total. The summed E-state index contributed by atoms with van der Waals surface area (Å²) in [4.78, 5) is 10.5. The van der Waals surface area contributed by atoms with E-state index in [9.17, 15) is 4.79 Å². The third-order valence-corrected chi connectivity index (χ3v) is 2.72. The van der Waals surface area contributed by atoms with Gasteiger partial charge in [-0.15, -0.1) is 0 Å². The highest BCUT2D eigenvalue weighted by atomic mass is 35.5. The van der Waals surface area contributed by atoms with Crippen LogP contribution < -0.4 is 0 Å². The molecule has 0 fully saturated rings. The first-order valence-corrected chi connectivity index (χ1v) is 5.28. The van der Waals surface area contributed by atoms with Crippen molar-refractivity contribution < 1.29 is 9.53 Å². The molecule has 0 heterocycles. The second-order valence-corrected chi connectivity index (χ2v) is 3.96. The molecule has 1 atom stereocenters. The van der Waals surface area contributed by atoms with Crippen molar-refractivity contribution in [2.24, 2.45) is 0 Å². The first-order valence-electron chi connectivity index (χ1n) is 4.90. The molecule has 0 saturated carbocycles. The number of aldehydes is 1. The van der Waals surface area contributed by atoms with Crippen molar-refractivity contribution in [3.05, 3.63) is 34.3 Å². The van der Waals surface area contributed by atoms with Crippen molar-refractivity contribution in [3.63, 3.8) is 0 Å². The van der Waals surface area contributed by atoms with Gasteiger partial charge in [-0.2, -0.15) is 0 Å². The van der Waals surface area contributed by atoms with Crippen LogP contribution in [0.4, 0.5) is 0 Å². The average molecular weight is 227 g/mol. The van der Waals surface area contributed by atoms with Gasteiger partial charge < -0.3 is 9.53 Å². The largest absolute Gasteiger partial charge is 0.380 e. The van der Waals surface area contributed by atoms with E-state index in [4.69, 9.17) is 16.3 Å². The number of ether oxygens (including phenoxy) is 1. The van der Waals surface area contributed by atoms with E-state index in [0.29, 0.717) is 18.1 Å². The smallest absolute Gasteiger partial charge is 0.120 e. The van der Waals surface area contributed by atoms with E-state index < -0.39 is 0 Å². The van der Waals surface area contributed by atoms with Gasteiger partial charge in [-0.05, 0) is 23.1 Å². The summed E-state index contributed by atoms with van der Waals surface area (Å²) in [6.07, 6.45) is 1.41. The maximum absolute atomic E-state index is 10.5. The Morgan fingerprint density at radius 2 is 2.27 bits per heavy atom. The van der Waals surface area contributed by atoms with Gasteiger partial charge in [-0.3, -0.25) is 0 Å². The fourth-order valence-corrected chi connectivity index (χ4v) is 2.06. The fraction of sp³-hybridized carbons (Fsp3) is 0.417. The molecule has 0 aliphatic carbocycles. The minimum absolute atomic E-state index is 0.140. The maximum Gasteiger partial charge on any atom is 0.120 e. The predicted molar refractivity (Wildman–Crippen MR) is 61.3 cm³/mol. The van der Waals surface area contributed by atoms with E-state index in [2.05, 4.69) is 0 Å². The molecule has 15 heavy (non-hydrogen) atoms. The third-order valence-electron chi connectivity index (χ3n) is 2.39. The minimum atomic E-state index is 0.140. The second-order valence-electron chi connectivity index (χ2n) is 3.55. The van der Waals surface area contributed by atoms with Crippen LogP contribution in [0.1, 0.15) is 30.4 Å². The number of carbonyl (C=O) groups excluding carboxylic acids is 1. The topological polar surface area (TPSA) is 26.3 Å². The Morgan fingerprint density at radius 1 is 1.53 bits per heavy atom. The summed E-state index contributed by atoms with van der Waals surface area (Å²) in [6, 6.07) is 5.72. The van der Waals surface area contributed by atoms with Gasteiger partial charge in [-0.1, -0.05) is 30.7 Å². The summed E-state index contributed by atoms with van der Waals surface area (Å²) >= 11 is 6.12. The molecule has 0 bridgehead atoms. The monoisotopic (exact) mass is 226 g/mol. The lowest BCUT2D eigenvalue weighted by molar-refractivity contribution is -0.108. The Bertz CT molecular complexity index is 336. The quantitative estimate of drug-likeness (QED) is 0.721. The van der Waals surface area contributed by atoms with Crippen molar-refractivity contribution >= 4 is 17.9 Å². The summed E-state index contributed by atoms with van der Waals surface area (Å²) in [5.41, 5.74) is 2.08. The highest BCUT2D eigenvalue weighted by molar-refractivity contribution is 6.31. The molecule has 0 aliphatic rings. The van der Waals surface area contributed by atoms with Crippen molar-refractivity contribution in [1.82, 2.24) is 0 Å². The van der Waals surface area contributed by atoms with Crippen molar-refractivity contribution in [2.75, 3.05) is 7.11 Å². The van der Waals surface area contributed by atoms with Crippen molar-refractivity contribution in [3.8, 4) is 0 Å². The van der Waals surface area contributed by atoms with E-state index in [-0.39, 0.29) is 5.92 Å². The number of methoxy groups -OCH3 is 1. The lowest BCUT2D eigenvalue weighted by Gasteiger charge is -2.15. The van der Waals surface area contributed by atoms with Gasteiger partial charge >= 0.3 is 0 Å². The van der Waals surface area contributed by atoms with E-state index in [0.717, 1.165) is 17.4 Å². The SMILES string of the molecule is COCc1cccc(Cl)c1C(C)CC=O. The van der Waals surface area contributed by atoms with Crippen LogP contribution >= 0.6 is 11.6 Å². The van der Waals surface area contributed by atoms with Crippen LogP contribution in [0.3, 0.4) is 0 Å². The number of carbonyl (C=O) groups is 1. The van der Waals surface area contributed by atoms with Gasteiger partial charge in [0.25, 0.3) is 0 Å². The number of halogens is 1.